The minimum atomic E-state index is -1.20. The Balaban J connectivity index is 1.85. The molecule has 3 aromatic carbocycles. The van der Waals surface area contributed by atoms with Gasteiger partial charge < -0.3 is 10.0 Å². The second-order valence-electron chi connectivity index (χ2n) is 7.49. The molecule has 4 aromatic rings. The van der Waals surface area contributed by atoms with E-state index in [0.29, 0.717) is 10.4 Å². The SMILES string of the molecule is Cc1ccc(C(=O)N(Cc2ccc(F)cc2F)c2cc(-c3ccccc3)sc2C(=O)O)cc1. The standard InChI is InChI=1S/C26H19F2NO3S/c1-16-7-9-18(10-8-16)25(30)29(15-19-11-12-20(27)13-21(19)28)22-14-23(33-24(22)26(31)32)17-5-3-2-4-6-17/h2-14H,15H2,1H3,(H,31,32). The van der Waals surface area contributed by atoms with Gasteiger partial charge in [0.05, 0.1) is 12.2 Å². The number of rotatable bonds is 6. The van der Waals surface area contributed by atoms with Gasteiger partial charge in [-0.05, 0) is 36.8 Å². The van der Waals surface area contributed by atoms with E-state index in [4.69, 9.17) is 0 Å². The Kier molecular flexibility index (Phi) is 6.33. The summed E-state index contributed by atoms with van der Waals surface area (Å²) in [6.07, 6.45) is 0. The number of amides is 1. The zero-order valence-electron chi connectivity index (χ0n) is 17.6. The zero-order chi connectivity index (χ0) is 23.5. The lowest BCUT2D eigenvalue weighted by Gasteiger charge is -2.23. The predicted octanol–water partition coefficient (Wildman–Crippen LogP) is 6.55. The van der Waals surface area contributed by atoms with Crippen LogP contribution in [-0.2, 0) is 6.54 Å². The molecule has 0 unspecified atom stereocenters. The largest absolute Gasteiger partial charge is 0.477 e. The second-order valence-corrected chi connectivity index (χ2v) is 8.54. The van der Waals surface area contributed by atoms with Gasteiger partial charge in [0.1, 0.15) is 16.5 Å². The molecule has 166 valence electrons. The first-order valence-corrected chi connectivity index (χ1v) is 10.9. The molecule has 4 rings (SSSR count). The number of benzene rings is 3. The summed E-state index contributed by atoms with van der Waals surface area (Å²) in [5.41, 5.74) is 2.30. The van der Waals surface area contributed by atoms with Crippen molar-refractivity contribution in [2.24, 2.45) is 0 Å². The van der Waals surface area contributed by atoms with E-state index in [0.717, 1.165) is 34.6 Å². The van der Waals surface area contributed by atoms with Crippen molar-refractivity contribution in [3.05, 3.63) is 112 Å². The Labute approximate surface area is 193 Å². The molecule has 0 saturated carbocycles. The van der Waals surface area contributed by atoms with Crippen molar-refractivity contribution in [1.29, 1.82) is 0 Å². The van der Waals surface area contributed by atoms with Crippen molar-refractivity contribution in [2.75, 3.05) is 4.90 Å². The molecular formula is C26H19F2NO3S. The molecule has 0 spiro atoms. The van der Waals surface area contributed by atoms with Crippen molar-refractivity contribution in [2.45, 2.75) is 13.5 Å². The van der Waals surface area contributed by atoms with Crippen molar-refractivity contribution >= 4 is 28.9 Å². The lowest BCUT2D eigenvalue weighted by Crippen LogP contribution is -2.31. The van der Waals surface area contributed by atoms with Crippen LogP contribution >= 0.6 is 11.3 Å². The van der Waals surface area contributed by atoms with Crippen LogP contribution in [0.5, 0.6) is 0 Å². The lowest BCUT2D eigenvalue weighted by molar-refractivity contribution is 0.0703. The smallest absolute Gasteiger partial charge is 0.348 e. The molecule has 33 heavy (non-hydrogen) atoms. The number of halogens is 2. The Morgan fingerprint density at radius 2 is 1.64 bits per heavy atom. The molecule has 1 amide bonds. The Morgan fingerprint density at radius 1 is 0.939 bits per heavy atom. The number of aromatic carboxylic acids is 1. The maximum atomic E-state index is 14.5. The highest BCUT2D eigenvalue weighted by Crippen LogP contribution is 2.38. The van der Waals surface area contributed by atoms with Crippen LogP contribution in [0.2, 0.25) is 0 Å². The summed E-state index contributed by atoms with van der Waals surface area (Å²) in [6, 6.07) is 20.7. The molecule has 0 atom stereocenters. The molecular weight excluding hydrogens is 444 g/mol. The molecule has 1 N–H and O–H groups in total. The Hall–Kier alpha value is -3.84. The van der Waals surface area contributed by atoms with Gasteiger partial charge in [0.15, 0.2) is 0 Å². The lowest BCUT2D eigenvalue weighted by atomic mass is 10.1. The number of thiophene rings is 1. The van der Waals surface area contributed by atoms with E-state index in [9.17, 15) is 23.5 Å². The van der Waals surface area contributed by atoms with Gasteiger partial charge in [0.25, 0.3) is 5.91 Å². The van der Waals surface area contributed by atoms with Crippen molar-refractivity contribution in [3.63, 3.8) is 0 Å². The molecule has 0 radical (unpaired) electrons. The first-order valence-electron chi connectivity index (χ1n) is 10.1. The molecule has 1 aromatic heterocycles. The van der Waals surface area contributed by atoms with E-state index in [2.05, 4.69) is 0 Å². The van der Waals surface area contributed by atoms with Crippen molar-refractivity contribution in [3.8, 4) is 10.4 Å². The molecule has 0 fully saturated rings. The maximum absolute atomic E-state index is 14.5. The average molecular weight is 464 g/mol. The van der Waals surface area contributed by atoms with Gasteiger partial charge in [-0.15, -0.1) is 11.3 Å². The summed E-state index contributed by atoms with van der Waals surface area (Å²) >= 11 is 1.03. The average Bonchev–Trinajstić information content (AvgIpc) is 3.25. The molecule has 7 heteroatoms. The molecule has 0 aliphatic rings. The highest BCUT2D eigenvalue weighted by Gasteiger charge is 2.27. The van der Waals surface area contributed by atoms with Crippen LogP contribution in [0.3, 0.4) is 0 Å². The fourth-order valence-electron chi connectivity index (χ4n) is 3.42. The third-order valence-electron chi connectivity index (χ3n) is 5.14. The van der Waals surface area contributed by atoms with Crippen LogP contribution in [-0.4, -0.2) is 17.0 Å². The summed E-state index contributed by atoms with van der Waals surface area (Å²) in [4.78, 5) is 27.4. The quantitative estimate of drug-likeness (QED) is 0.353. The Morgan fingerprint density at radius 3 is 2.27 bits per heavy atom. The van der Waals surface area contributed by atoms with E-state index in [1.54, 1.807) is 30.3 Å². The summed E-state index contributed by atoms with van der Waals surface area (Å²) in [5.74, 6) is -3.23. The summed E-state index contributed by atoms with van der Waals surface area (Å²) < 4.78 is 27.9. The Bertz CT molecular complexity index is 1320. The fraction of sp³-hybridized carbons (Fsp3) is 0.0769. The molecule has 0 aliphatic carbocycles. The first kappa shape index (κ1) is 22.4. The number of anilines is 1. The third kappa shape index (κ3) is 4.83. The molecule has 1 heterocycles. The van der Waals surface area contributed by atoms with Crippen LogP contribution in [0.15, 0.2) is 78.9 Å². The topological polar surface area (TPSA) is 57.6 Å². The van der Waals surface area contributed by atoms with Crippen LogP contribution in [0.1, 0.15) is 31.2 Å². The monoisotopic (exact) mass is 463 g/mol. The number of carbonyl (C=O) groups excluding carboxylic acids is 1. The third-order valence-corrected chi connectivity index (χ3v) is 6.30. The van der Waals surface area contributed by atoms with Gasteiger partial charge in [-0.3, -0.25) is 4.79 Å². The molecule has 0 bridgehead atoms. The zero-order valence-corrected chi connectivity index (χ0v) is 18.4. The molecule has 4 nitrogen and oxygen atoms in total. The number of hydrogen-bond acceptors (Lipinski definition) is 3. The van der Waals surface area contributed by atoms with Gasteiger partial charge in [-0.1, -0.05) is 54.1 Å². The number of hydrogen-bond donors (Lipinski definition) is 1. The van der Waals surface area contributed by atoms with Gasteiger partial charge in [-0.2, -0.15) is 0 Å². The highest BCUT2D eigenvalue weighted by atomic mass is 32.1. The van der Waals surface area contributed by atoms with E-state index >= 15 is 0 Å². The summed E-state index contributed by atoms with van der Waals surface area (Å²) in [6.45, 7) is 1.62. The van der Waals surface area contributed by atoms with E-state index < -0.39 is 23.5 Å². The van der Waals surface area contributed by atoms with Crippen molar-refractivity contribution < 1.29 is 23.5 Å². The van der Waals surface area contributed by atoms with E-state index in [1.165, 1.54) is 11.0 Å². The van der Waals surface area contributed by atoms with E-state index in [1.807, 2.05) is 37.3 Å². The minimum Gasteiger partial charge on any atom is -0.477 e. The number of carboxylic acid groups (broad SMARTS) is 1. The molecule has 0 aliphatic heterocycles. The summed E-state index contributed by atoms with van der Waals surface area (Å²) in [7, 11) is 0. The second kappa shape index (κ2) is 9.34. The normalized spacial score (nSPS) is 10.8. The van der Waals surface area contributed by atoms with Crippen LogP contribution < -0.4 is 4.90 Å². The summed E-state index contributed by atoms with van der Waals surface area (Å²) in [5, 5.41) is 9.87. The van der Waals surface area contributed by atoms with Gasteiger partial charge >= 0.3 is 5.97 Å². The number of aryl methyl sites for hydroxylation is 1. The van der Waals surface area contributed by atoms with E-state index in [-0.39, 0.29) is 22.7 Å². The predicted molar refractivity (Wildman–Crippen MR) is 125 cm³/mol. The van der Waals surface area contributed by atoms with Crippen LogP contribution in [0, 0.1) is 18.6 Å². The molecule has 0 saturated heterocycles. The number of carboxylic acids is 1. The van der Waals surface area contributed by atoms with Crippen LogP contribution in [0.25, 0.3) is 10.4 Å². The number of carbonyl (C=O) groups is 2. The fourth-order valence-corrected chi connectivity index (χ4v) is 4.42. The van der Waals surface area contributed by atoms with Crippen molar-refractivity contribution in [1.82, 2.24) is 0 Å². The van der Waals surface area contributed by atoms with Crippen LogP contribution in [0.4, 0.5) is 14.5 Å². The maximum Gasteiger partial charge on any atom is 0.348 e. The van der Waals surface area contributed by atoms with Gasteiger partial charge in [0.2, 0.25) is 0 Å². The number of nitrogens with zero attached hydrogens (tertiary/aromatic N) is 1. The van der Waals surface area contributed by atoms with Gasteiger partial charge in [-0.25, -0.2) is 13.6 Å². The highest BCUT2D eigenvalue weighted by molar-refractivity contribution is 7.18. The van der Waals surface area contributed by atoms with Gasteiger partial charge in [0, 0.05) is 22.1 Å². The minimum absolute atomic E-state index is 0.0446. The first-order chi connectivity index (χ1) is 15.8.